The summed E-state index contributed by atoms with van der Waals surface area (Å²) in [4.78, 5) is 15.0. The first-order chi connectivity index (χ1) is 12.9. The van der Waals surface area contributed by atoms with Crippen LogP contribution >= 0.6 is 0 Å². The molecule has 2 fully saturated rings. The second-order valence-electron chi connectivity index (χ2n) is 8.33. The van der Waals surface area contributed by atoms with Gasteiger partial charge in [-0.05, 0) is 56.8 Å². The third kappa shape index (κ3) is 3.92. The summed E-state index contributed by atoms with van der Waals surface area (Å²) in [7, 11) is -3.08. The molecule has 1 amide bonds. The molecule has 3 aliphatic heterocycles. The highest BCUT2D eigenvalue weighted by Gasteiger charge is 2.34. The van der Waals surface area contributed by atoms with Crippen LogP contribution in [0.5, 0.6) is 0 Å². The number of hydrogen-bond donors (Lipinski definition) is 0. The molecule has 0 saturated carbocycles. The Hall–Kier alpha value is -1.41. The van der Waals surface area contributed by atoms with Crippen LogP contribution in [0.2, 0.25) is 0 Å². The summed E-state index contributed by atoms with van der Waals surface area (Å²) in [5.74, 6) is 1.19. The lowest BCUT2D eigenvalue weighted by Gasteiger charge is -2.37. The molecular formula is C19H30N4O3S. The molecule has 1 aromatic rings. The van der Waals surface area contributed by atoms with Crippen molar-refractivity contribution in [3.05, 3.63) is 17.5 Å². The van der Waals surface area contributed by atoms with Gasteiger partial charge in [0, 0.05) is 32.7 Å². The molecule has 4 rings (SSSR count). The van der Waals surface area contributed by atoms with Crippen LogP contribution < -0.4 is 0 Å². The Morgan fingerprint density at radius 2 is 1.67 bits per heavy atom. The third-order valence-electron chi connectivity index (χ3n) is 6.62. The largest absolute Gasteiger partial charge is 0.339 e. The van der Waals surface area contributed by atoms with Crippen molar-refractivity contribution >= 4 is 15.9 Å². The lowest BCUT2D eigenvalue weighted by atomic mass is 9.78. The Morgan fingerprint density at radius 1 is 1.00 bits per heavy atom. The van der Waals surface area contributed by atoms with Gasteiger partial charge in [0.1, 0.15) is 0 Å². The zero-order valence-electron chi connectivity index (χ0n) is 16.1. The molecule has 1 aromatic heterocycles. The van der Waals surface area contributed by atoms with Crippen molar-refractivity contribution in [3.8, 4) is 0 Å². The zero-order valence-corrected chi connectivity index (χ0v) is 17.0. The van der Waals surface area contributed by atoms with Gasteiger partial charge in [0.15, 0.2) is 0 Å². The molecule has 0 bridgehead atoms. The van der Waals surface area contributed by atoms with E-state index in [0.29, 0.717) is 24.9 Å². The van der Waals surface area contributed by atoms with Gasteiger partial charge in [0.25, 0.3) is 5.91 Å². The van der Waals surface area contributed by atoms with Crippen LogP contribution in [0.3, 0.4) is 0 Å². The van der Waals surface area contributed by atoms with Crippen molar-refractivity contribution in [1.82, 2.24) is 19.0 Å². The van der Waals surface area contributed by atoms with E-state index in [1.54, 1.807) is 10.5 Å². The van der Waals surface area contributed by atoms with Crippen LogP contribution in [0.25, 0.3) is 0 Å². The second kappa shape index (κ2) is 7.54. The number of piperidine rings is 2. The van der Waals surface area contributed by atoms with Gasteiger partial charge in [0.05, 0.1) is 23.7 Å². The fourth-order valence-corrected chi connectivity index (χ4v) is 5.86. The van der Waals surface area contributed by atoms with Crippen LogP contribution in [-0.4, -0.2) is 65.7 Å². The maximum Gasteiger partial charge on any atom is 0.257 e. The first-order valence-corrected chi connectivity index (χ1v) is 12.1. The van der Waals surface area contributed by atoms with Crippen LogP contribution in [0.4, 0.5) is 0 Å². The molecule has 1 atom stereocenters. The van der Waals surface area contributed by atoms with Gasteiger partial charge < -0.3 is 4.90 Å². The highest BCUT2D eigenvalue weighted by atomic mass is 32.2. The van der Waals surface area contributed by atoms with Gasteiger partial charge in [-0.1, -0.05) is 0 Å². The molecular weight excluding hydrogens is 364 g/mol. The van der Waals surface area contributed by atoms with Gasteiger partial charge in [-0.15, -0.1) is 0 Å². The fraction of sp³-hybridized carbons (Fsp3) is 0.789. The molecule has 0 aliphatic carbocycles. The van der Waals surface area contributed by atoms with E-state index in [2.05, 4.69) is 5.10 Å². The van der Waals surface area contributed by atoms with E-state index in [1.807, 2.05) is 9.58 Å². The molecule has 0 spiro atoms. The quantitative estimate of drug-likeness (QED) is 0.783. The summed E-state index contributed by atoms with van der Waals surface area (Å²) in [6, 6.07) is 0. The average Bonchev–Trinajstić information content (AvgIpc) is 3.10. The highest BCUT2D eigenvalue weighted by molar-refractivity contribution is 7.88. The molecule has 8 heteroatoms. The number of carbonyl (C=O) groups is 1. The minimum absolute atomic E-state index is 0.142. The van der Waals surface area contributed by atoms with Crippen molar-refractivity contribution in [2.75, 3.05) is 32.4 Å². The van der Waals surface area contributed by atoms with Crippen LogP contribution in [-0.2, 0) is 23.0 Å². The van der Waals surface area contributed by atoms with Crippen LogP contribution in [0.1, 0.15) is 54.6 Å². The summed E-state index contributed by atoms with van der Waals surface area (Å²) in [5, 5.41) is 4.48. The Labute approximate surface area is 161 Å². The average molecular weight is 395 g/mol. The number of fused-ring (bicyclic) bond motifs is 1. The van der Waals surface area contributed by atoms with E-state index in [0.717, 1.165) is 69.4 Å². The predicted octanol–water partition coefficient (Wildman–Crippen LogP) is 1.74. The molecule has 7 nitrogen and oxygen atoms in total. The predicted molar refractivity (Wildman–Crippen MR) is 103 cm³/mol. The number of rotatable bonds is 3. The number of aromatic nitrogens is 2. The highest BCUT2D eigenvalue weighted by Crippen LogP contribution is 2.35. The Morgan fingerprint density at radius 3 is 2.33 bits per heavy atom. The minimum Gasteiger partial charge on any atom is -0.339 e. The molecule has 1 unspecified atom stereocenters. The standard InChI is InChI=1S/C19H30N4O3S/c1-27(25,26)22-10-5-15(6-11-22)16-7-12-23-18(13-16)17(14-20-23)19(24)21-8-3-2-4-9-21/h14-16H,2-13H2,1H3. The van der Waals surface area contributed by atoms with Crippen LogP contribution in [0.15, 0.2) is 6.20 Å². The SMILES string of the molecule is CS(=O)(=O)N1CCC(C2CCn3ncc(C(=O)N4CCCCC4)c3C2)CC1. The number of hydrogen-bond acceptors (Lipinski definition) is 4. The molecule has 150 valence electrons. The Balaban J connectivity index is 1.44. The molecule has 2 saturated heterocycles. The first-order valence-electron chi connectivity index (χ1n) is 10.2. The number of likely N-dealkylation sites (tertiary alicyclic amines) is 1. The van der Waals surface area contributed by atoms with Crippen molar-refractivity contribution in [2.24, 2.45) is 11.8 Å². The van der Waals surface area contributed by atoms with Crippen molar-refractivity contribution < 1.29 is 13.2 Å². The molecule has 0 aromatic carbocycles. The van der Waals surface area contributed by atoms with E-state index in [-0.39, 0.29) is 5.91 Å². The van der Waals surface area contributed by atoms with Gasteiger partial charge >= 0.3 is 0 Å². The maximum absolute atomic E-state index is 13.0. The topological polar surface area (TPSA) is 75.5 Å². The Bertz CT molecular complexity index is 790. The molecule has 0 N–H and O–H groups in total. The summed E-state index contributed by atoms with van der Waals surface area (Å²) in [6.45, 7) is 3.82. The zero-order chi connectivity index (χ0) is 19.0. The summed E-state index contributed by atoms with van der Waals surface area (Å²) < 4.78 is 27.1. The lowest BCUT2D eigenvalue weighted by molar-refractivity contribution is 0.0721. The number of sulfonamides is 1. The first kappa shape index (κ1) is 18.9. The Kier molecular flexibility index (Phi) is 5.29. The van der Waals surface area contributed by atoms with Gasteiger partial charge in [0.2, 0.25) is 10.0 Å². The number of carbonyl (C=O) groups excluding carboxylic acids is 1. The summed E-state index contributed by atoms with van der Waals surface area (Å²) >= 11 is 0. The van der Waals surface area contributed by atoms with E-state index >= 15 is 0 Å². The molecule has 3 aliphatic rings. The van der Waals surface area contributed by atoms with Gasteiger partial charge in [-0.25, -0.2) is 12.7 Å². The summed E-state index contributed by atoms with van der Waals surface area (Å²) in [5.41, 5.74) is 1.88. The smallest absolute Gasteiger partial charge is 0.257 e. The second-order valence-corrected chi connectivity index (χ2v) is 10.3. The van der Waals surface area contributed by atoms with Gasteiger partial charge in [-0.2, -0.15) is 5.10 Å². The number of nitrogens with zero attached hydrogens (tertiary/aromatic N) is 4. The van der Waals surface area contributed by atoms with Crippen molar-refractivity contribution in [3.63, 3.8) is 0 Å². The molecule has 27 heavy (non-hydrogen) atoms. The summed E-state index contributed by atoms with van der Waals surface area (Å²) in [6.07, 6.45) is 10.3. The van der Waals surface area contributed by atoms with E-state index in [4.69, 9.17) is 0 Å². The fourth-order valence-electron chi connectivity index (χ4n) is 4.98. The monoisotopic (exact) mass is 394 g/mol. The van der Waals surface area contributed by atoms with Gasteiger partial charge in [-0.3, -0.25) is 9.48 Å². The third-order valence-corrected chi connectivity index (χ3v) is 7.93. The lowest BCUT2D eigenvalue weighted by Crippen LogP contribution is -2.41. The minimum atomic E-state index is -3.08. The van der Waals surface area contributed by atoms with E-state index in [9.17, 15) is 13.2 Å². The normalized spacial score (nSPS) is 25.4. The van der Waals surface area contributed by atoms with Crippen molar-refractivity contribution in [2.45, 2.75) is 51.5 Å². The number of amides is 1. The van der Waals surface area contributed by atoms with Crippen molar-refractivity contribution in [1.29, 1.82) is 0 Å². The number of aryl methyl sites for hydroxylation is 1. The maximum atomic E-state index is 13.0. The molecule has 0 radical (unpaired) electrons. The molecule has 4 heterocycles. The van der Waals surface area contributed by atoms with Crippen LogP contribution in [0, 0.1) is 11.8 Å². The van der Waals surface area contributed by atoms with E-state index < -0.39 is 10.0 Å². The van der Waals surface area contributed by atoms with E-state index in [1.165, 1.54) is 12.7 Å².